The molecule has 0 aromatic heterocycles. The molecule has 0 amide bonds. The zero-order valence-corrected chi connectivity index (χ0v) is 13.9. The van der Waals surface area contributed by atoms with E-state index < -0.39 is 10.1 Å². The molecule has 122 valence electrons. The summed E-state index contributed by atoms with van der Waals surface area (Å²) in [5.41, 5.74) is 0. The predicted octanol–water partition coefficient (Wildman–Crippen LogP) is 4.28. The van der Waals surface area contributed by atoms with Gasteiger partial charge in [-0.15, -0.1) is 0 Å². The van der Waals surface area contributed by atoms with Gasteiger partial charge in [-0.25, -0.2) is 0 Å². The molecule has 3 nitrogen and oxygen atoms in total. The topological polar surface area (TPSA) is 43.4 Å². The molecule has 0 saturated carbocycles. The van der Waals surface area contributed by atoms with Crippen LogP contribution in [0.2, 0.25) is 0 Å². The predicted molar refractivity (Wildman–Crippen MR) is 95.2 cm³/mol. The summed E-state index contributed by atoms with van der Waals surface area (Å²) >= 11 is 0. The van der Waals surface area contributed by atoms with E-state index >= 15 is 0 Å². The Bertz CT molecular complexity index is 460. The minimum atomic E-state index is -3.44. The van der Waals surface area contributed by atoms with Gasteiger partial charge in [0.25, 0.3) is 0 Å². The van der Waals surface area contributed by atoms with Crippen molar-refractivity contribution in [2.45, 2.75) is 64.7 Å². The van der Waals surface area contributed by atoms with Gasteiger partial charge in [0, 0.05) is 0 Å². The van der Waals surface area contributed by atoms with Crippen LogP contribution in [0.5, 0.6) is 5.75 Å². The number of para-hydroxylation sites is 1. The Labute approximate surface area is 178 Å². The second-order valence-electron chi connectivity index (χ2n) is 5.49. The SMILES string of the molecule is CCCCCCCCCCCS(=O)(=O)Oc1ccccc1.[KH]. The Hall–Kier alpha value is 0.606. The van der Waals surface area contributed by atoms with Crippen molar-refractivity contribution < 1.29 is 12.6 Å². The number of hydrogen-bond acceptors (Lipinski definition) is 3. The van der Waals surface area contributed by atoms with Crippen LogP contribution >= 0.6 is 0 Å². The zero-order chi connectivity index (χ0) is 15.4. The van der Waals surface area contributed by atoms with E-state index in [1.54, 1.807) is 24.3 Å². The Balaban J connectivity index is 0.00000441. The van der Waals surface area contributed by atoms with Crippen LogP contribution in [-0.2, 0) is 10.1 Å². The Morgan fingerprint density at radius 1 is 0.818 bits per heavy atom. The maximum absolute atomic E-state index is 11.8. The fraction of sp³-hybridized carbons (Fsp3) is 0.647. The molecule has 0 bridgehead atoms. The van der Waals surface area contributed by atoms with Crippen LogP contribution < -0.4 is 4.18 Å². The molecule has 5 heteroatoms. The third kappa shape index (κ3) is 12.1. The first kappa shape index (κ1) is 22.6. The molecule has 0 fully saturated rings. The van der Waals surface area contributed by atoms with Gasteiger partial charge < -0.3 is 4.18 Å². The van der Waals surface area contributed by atoms with Crippen molar-refractivity contribution in [2.24, 2.45) is 0 Å². The van der Waals surface area contributed by atoms with Gasteiger partial charge in [-0.2, -0.15) is 8.42 Å². The van der Waals surface area contributed by atoms with Crippen molar-refractivity contribution in [2.75, 3.05) is 5.75 Å². The summed E-state index contributed by atoms with van der Waals surface area (Å²) in [6.45, 7) is 2.22. The second-order valence-corrected chi connectivity index (χ2v) is 7.18. The third-order valence-electron chi connectivity index (χ3n) is 3.46. The van der Waals surface area contributed by atoms with Gasteiger partial charge in [0.15, 0.2) is 0 Å². The molecule has 0 unspecified atom stereocenters. The van der Waals surface area contributed by atoms with Gasteiger partial charge in [0.05, 0.1) is 5.75 Å². The quantitative estimate of drug-likeness (QED) is 0.320. The third-order valence-corrected chi connectivity index (χ3v) is 4.70. The van der Waals surface area contributed by atoms with Crippen LogP contribution in [0.15, 0.2) is 30.3 Å². The van der Waals surface area contributed by atoms with Gasteiger partial charge in [0.1, 0.15) is 5.75 Å². The molecule has 0 aliphatic carbocycles. The molecule has 0 radical (unpaired) electrons. The van der Waals surface area contributed by atoms with Crippen molar-refractivity contribution in [3.05, 3.63) is 30.3 Å². The first-order chi connectivity index (χ1) is 10.1. The van der Waals surface area contributed by atoms with E-state index in [9.17, 15) is 8.42 Å². The fourth-order valence-corrected chi connectivity index (χ4v) is 3.30. The average molecular weight is 353 g/mol. The fourth-order valence-electron chi connectivity index (χ4n) is 2.25. The first-order valence-electron chi connectivity index (χ1n) is 8.11. The second kappa shape index (κ2) is 14.0. The monoisotopic (exact) mass is 352 g/mol. The molecule has 0 aliphatic rings. The van der Waals surface area contributed by atoms with Gasteiger partial charge in [-0.3, -0.25) is 0 Å². The van der Waals surface area contributed by atoms with Crippen LogP contribution in [0.25, 0.3) is 0 Å². The Morgan fingerprint density at radius 3 is 1.86 bits per heavy atom. The molecule has 1 aromatic carbocycles. The van der Waals surface area contributed by atoms with Gasteiger partial charge in [0.2, 0.25) is 0 Å². The van der Waals surface area contributed by atoms with Crippen molar-refractivity contribution in [3.63, 3.8) is 0 Å². The number of unbranched alkanes of at least 4 members (excludes halogenated alkanes) is 8. The molecule has 1 rings (SSSR count). The standard InChI is InChI=1S/C17H28O3S.K.H/c1-2-3-4-5-6-7-8-9-13-16-21(18,19)20-17-14-11-10-12-15-17;;/h10-12,14-15H,2-9,13,16H2,1H3;;. The summed E-state index contributed by atoms with van der Waals surface area (Å²) < 4.78 is 28.6. The molecule has 0 heterocycles. The van der Waals surface area contributed by atoms with Crippen LogP contribution in [0, 0.1) is 0 Å². The number of rotatable bonds is 12. The summed E-state index contributed by atoms with van der Waals surface area (Å²) in [6.07, 6.45) is 10.5. The van der Waals surface area contributed by atoms with Crippen molar-refractivity contribution in [3.8, 4) is 5.75 Å². The van der Waals surface area contributed by atoms with Gasteiger partial charge in [-0.05, 0) is 18.6 Å². The molecule has 0 spiro atoms. The molecule has 22 heavy (non-hydrogen) atoms. The number of benzene rings is 1. The van der Waals surface area contributed by atoms with E-state index in [2.05, 4.69) is 6.92 Å². The molecule has 1 aromatic rings. The molecule has 0 atom stereocenters. The van der Waals surface area contributed by atoms with E-state index in [0.29, 0.717) is 12.2 Å². The summed E-state index contributed by atoms with van der Waals surface area (Å²) in [4.78, 5) is 0. The van der Waals surface area contributed by atoms with Crippen LogP contribution in [-0.4, -0.2) is 65.6 Å². The Morgan fingerprint density at radius 2 is 1.32 bits per heavy atom. The first-order valence-corrected chi connectivity index (χ1v) is 9.69. The summed E-state index contributed by atoms with van der Waals surface area (Å²) in [5.74, 6) is 0.506. The van der Waals surface area contributed by atoms with Crippen molar-refractivity contribution >= 4 is 61.5 Å². The van der Waals surface area contributed by atoms with Crippen LogP contribution in [0.4, 0.5) is 0 Å². The number of hydrogen-bond donors (Lipinski definition) is 0. The zero-order valence-electron chi connectivity index (χ0n) is 13.1. The van der Waals surface area contributed by atoms with Crippen molar-refractivity contribution in [1.29, 1.82) is 0 Å². The minimum absolute atomic E-state index is 0. The molecule has 0 aliphatic heterocycles. The van der Waals surface area contributed by atoms with Crippen LogP contribution in [0.3, 0.4) is 0 Å². The maximum atomic E-state index is 11.8. The summed E-state index contributed by atoms with van der Waals surface area (Å²) in [7, 11) is -3.44. The normalized spacial score (nSPS) is 11.0. The van der Waals surface area contributed by atoms with E-state index in [1.165, 1.54) is 38.5 Å². The van der Waals surface area contributed by atoms with Crippen LogP contribution in [0.1, 0.15) is 64.7 Å². The van der Waals surface area contributed by atoms with Gasteiger partial charge in [-0.1, -0.05) is 76.5 Å². The van der Waals surface area contributed by atoms with E-state index in [4.69, 9.17) is 4.18 Å². The molecule has 0 N–H and O–H groups in total. The summed E-state index contributed by atoms with van der Waals surface area (Å²) in [5, 5.41) is 0. The van der Waals surface area contributed by atoms with E-state index in [-0.39, 0.29) is 57.1 Å². The molecular formula is C17H29KO3S. The molecule has 0 saturated heterocycles. The summed E-state index contributed by atoms with van der Waals surface area (Å²) in [6, 6.07) is 8.69. The van der Waals surface area contributed by atoms with Crippen molar-refractivity contribution in [1.82, 2.24) is 0 Å². The van der Waals surface area contributed by atoms with E-state index in [0.717, 1.165) is 12.8 Å². The Kier molecular flexibility index (Phi) is 14.4. The van der Waals surface area contributed by atoms with Gasteiger partial charge >= 0.3 is 61.5 Å². The molecular weight excluding hydrogens is 323 g/mol. The van der Waals surface area contributed by atoms with E-state index in [1.807, 2.05) is 6.07 Å². The average Bonchev–Trinajstić information content (AvgIpc) is 2.46.